The highest BCUT2D eigenvalue weighted by atomic mass is 16.2. The number of piperidine rings is 1. The Balaban J connectivity index is 1.36. The number of nitrogens with one attached hydrogen (secondary N) is 2. The monoisotopic (exact) mass is 378 g/mol. The minimum atomic E-state index is -0.447. The molecule has 0 aliphatic carbocycles. The third-order valence-electron chi connectivity index (χ3n) is 5.61. The Morgan fingerprint density at radius 3 is 2.54 bits per heavy atom. The largest absolute Gasteiger partial charge is 0.326 e. The van der Waals surface area contributed by atoms with E-state index in [-0.39, 0.29) is 11.8 Å². The molecule has 2 aliphatic heterocycles. The van der Waals surface area contributed by atoms with Gasteiger partial charge in [-0.15, -0.1) is 0 Å². The molecule has 0 spiro atoms. The number of Topliss-reactive ketones (excluding diaryl/α,β-unsaturated/α-hetero) is 1. The summed E-state index contributed by atoms with van der Waals surface area (Å²) in [6.07, 6.45) is 1.54. The molecule has 0 aromatic heterocycles. The van der Waals surface area contributed by atoms with Gasteiger partial charge in [-0.3, -0.25) is 19.3 Å². The highest BCUT2D eigenvalue weighted by molar-refractivity contribution is 6.52. The fraction of sp³-hybridized carbons (Fsp3) is 0.318. The fourth-order valence-corrected chi connectivity index (χ4v) is 4.01. The number of fused-ring (bicyclic) bond motifs is 1. The van der Waals surface area contributed by atoms with Gasteiger partial charge in [0.05, 0.1) is 24.3 Å². The molecule has 4 rings (SSSR count). The second kappa shape index (κ2) is 7.56. The molecular formula is C22H24N3O3+. The molecule has 2 aromatic rings. The molecule has 2 aliphatic rings. The maximum atomic E-state index is 12.5. The number of hydrogen-bond acceptors (Lipinski definition) is 3. The lowest BCUT2D eigenvalue weighted by atomic mass is 9.96. The van der Waals surface area contributed by atoms with Gasteiger partial charge >= 0.3 is 5.91 Å². The summed E-state index contributed by atoms with van der Waals surface area (Å²) < 4.78 is 0. The van der Waals surface area contributed by atoms with Gasteiger partial charge in [0.25, 0.3) is 5.78 Å². The van der Waals surface area contributed by atoms with Gasteiger partial charge in [0, 0.05) is 24.4 Å². The third-order valence-corrected chi connectivity index (χ3v) is 5.61. The fourth-order valence-electron chi connectivity index (χ4n) is 4.01. The van der Waals surface area contributed by atoms with Gasteiger partial charge in [0.2, 0.25) is 5.91 Å². The Morgan fingerprint density at radius 1 is 1.11 bits per heavy atom. The minimum Gasteiger partial charge on any atom is -0.326 e. The van der Waals surface area contributed by atoms with Crippen LogP contribution in [-0.4, -0.2) is 37.4 Å². The van der Waals surface area contributed by atoms with E-state index in [2.05, 4.69) is 5.32 Å². The van der Waals surface area contributed by atoms with Crippen LogP contribution in [0, 0.1) is 12.8 Å². The molecule has 0 radical (unpaired) electrons. The van der Waals surface area contributed by atoms with Gasteiger partial charge in [0.15, 0.2) is 6.67 Å². The summed E-state index contributed by atoms with van der Waals surface area (Å²) in [5, 5.41) is 2.97. The van der Waals surface area contributed by atoms with Crippen LogP contribution in [0.15, 0.2) is 48.5 Å². The van der Waals surface area contributed by atoms with Crippen molar-refractivity contribution in [1.29, 1.82) is 0 Å². The van der Waals surface area contributed by atoms with Gasteiger partial charge in [-0.2, -0.15) is 0 Å². The zero-order chi connectivity index (χ0) is 19.7. The molecule has 2 N–H and O–H groups in total. The van der Waals surface area contributed by atoms with E-state index in [0.29, 0.717) is 17.9 Å². The second-order valence-corrected chi connectivity index (χ2v) is 7.62. The molecule has 28 heavy (non-hydrogen) atoms. The van der Waals surface area contributed by atoms with E-state index in [0.717, 1.165) is 37.2 Å². The van der Waals surface area contributed by atoms with Crippen LogP contribution in [0.5, 0.6) is 0 Å². The quantitative estimate of drug-likeness (QED) is 0.791. The average molecular weight is 378 g/mol. The van der Waals surface area contributed by atoms with Gasteiger partial charge in [-0.05, 0) is 31.2 Å². The first-order valence-electron chi connectivity index (χ1n) is 9.69. The smallest absolute Gasteiger partial charge is 0.303 e. The summed E-state index contributed by atoms with van der Waals surface area (Å²) in [6, 6.07) is 15.0. The minimum absolute atomic E-state index is 0.0187. The molecule has 0 bridgehead atoms. The molecule has 0 saturated carbocycles. The Hall–Kier alpha value is -2.99. The predicted octanol–water partition coefficient (Wildman–Crippen LogP) is 1.42. The van der Waals surface area contributed by atoms with Gasteiger partial charge in [-0.1, -0.05) is 29.8 Å². The number of para-hydroxylation sites is 1. The molecule has 6 nitrogen and oxygen atoms in total. The number of benzene rings is 2. The number of carbonyl (C=O) groups excluding carboxylic acids is 3. The number of anilines is 2. The Morgan fingerprint density at radius 2 is 1.82 bits per heavy atom. The lowest BCUT2D eigenvalue weighted by molar-refractivity contribution is -0.904. The second-order valence-electron chi connectivity index (χ2n) is 7.62. The van der Waals surface area contributed by atoms with E-state index in [1.807, 2.05) is 49.4 Å². The number of quaternary nitrogens is 1. The van der Waals surface area contributed by atoms with Crippen LogP contribution in [-0.2, 0) is 9.59 Å². The number of amides is 2. The average Bonchev–Trinajstić information content (AvgIpc) is 2.94. The number of aryl methyl sites for hydroxylation is 1. The summed E-state index contributed by atoms with van der Waals surface area (Å²) >= 11 is 0. The number of likely N-dealkylation sites (tertiary alicyclic amines) is 1. The first-order chi connectivity index (χ1) is 13.5. The van der Waals surface area contributed by atoms with Crippen molar-refractivity contribution < 1.29 is 19.3 Å². The van der Waals surface area contributed by atoms with Crippen molar-refractivity contribution in [2.24, 2.45) is 5.92 Å². The number of carbonyl (C=O) groups is 3. The maximum Gasteiger partial charge on any atom is 0.303 e. The van der Waals surface area contributed by atoms with Crippen molar-refractivity contribution in [3.05, 3.63) is 59.7 Å². The molecule has 144 valence electrons. The van der Waals surface area contributed by atoms with E-state index < -0.39 is 11.7 Å². The van der Waals surface area contributed by atoms with Crippen LogP contribution >= 0.6 is 0 Å². The summed E-state index contributed by atoms with van der Waals surface area (Å²) in [5.74, 6) is -0.833. The van der Waals surface area contributed by atoms with Crippen molar-refractivity contribution in [3.63, 3.8) is 0 Å². The van der Waals surface area contributed by atoms with E-state index in [9.17, 15) is 14.4 Å². The molecule has 2 amide bonds. The van der Waals surface area contributed by atoms with E-state index >= 15 is 0 Å². The maximum absolute atomic E-state index is 12.5. The highest BCUT2D eigenvalue weighted by Crippen LogP contribution is 2.28. The third kappa shape index (κ3) is 3.55. The number of nitrogens with zero attached hydrogens (tertiary/aromatic N) is 1. The molecule has 0 unspecified atom stereocenters. The van der Waals surface area contributed by atoms with E-state index in [4.69, 9.17) is 0 Å². The standard InChI is InChI=1S/C22H23N3O3/c1-15-7-8-19-18(13-15)20(26)22(28)25(19)14-24-11-9-16(10-12-24)21(27)23-17-5-3-2-4-6-17/h2-8,13,16H,9-12,14H2,1H3,(H,23,27)/p+1. The van der Waals surface area contributed by atoms with Crippen molar-refractivity contribution in [2.75, 3.05) is 30.0 Å². The first kappa shape index (κ1) is 18.4. The van der Waals surface area contributed by atoms with Crippen LogP contribution in [0.4, 0.5) is 11.4 Å². The van der Waals surface area contributed by atoms with Crippen molar-refractivity contribution in [3.8, 4) is 0 Å². The topological polar surface area (TPSA) is 70.9 Å². The lowest BCUT2D eigenvalue weighted by Crippen LogP contribution is -3.14. The van der Waals surface area contributed by atoms with E-state index in [1.54, 1.807) is 11.0 Å². The van der Waals surface area contributed by atoms with Crippen LogP contribution in [0.2, 0.25) is 0 Å². The summed E-state index contributed by atoms with van der Waals surface area (Å²) in [4.78, 5) is 40.0. The highest BCUT2D eigenvalue weighted by Gasteiger charge is 2.38. The van der Waals surface area contributed by atoms with Crippen molar-refractivity contribution in [2.45, 2.75) is 19.8 Å². The number of rotatable bonds is 4. The predicted molar refractivity (Wildman–Crippen MR) is 106 cm³/mol. The molecule has 1 fully saturated rings. The Bertz CT molecular complexity index is 918. The summed E-state index contributed by atoms with van der Waals surface area (Å²) in [7, 11) is 0. The lowest BCUT2D eigenvalue weighted by Gasteiger charge is -2.31. The normalized spacial score (nSPS) is 21.5. The van der Waals surface area contributed by atoms with Crippen LogP contribution < -0.4 is 15.1 Å². The molecule has 6 heteroatoms. The van der Waals surface area contributed by atoms with Crippen molar-refractivity contribution in [1.82, 2.24) is 0 Å². The Kier molecular flexibility index (Phi) is 4.96. The SMILES string of the molecule is Cc1ccc2c(c1)C(=O)C(=O)N2C[NH+]1CCC(C(=O)Nc2ccccc2)CC1. The first-order valence-corrected chi connectivity index (χ1v) is 9.69. The molecule has 0 atom stereocenters. The number of hydrogen-bond donors (Lipinski definition) is 2. The zero-order valence-corrected chi connectivity index (χ0v) is 15.9. The molecular weight excluding hydrogens is 354 g/mol. The van der Waals surface area contributed by atoms with Gasteiger partial charge in [0.1, 0.15) is 0 Å². The summed E-state index contributed by atoms with van der Waals surface area (Å²) in [5.41, 5.74) is 2.99. The van der Waals surface area contributed by atoms with Crippen LogP contribution in [0.1, 0.15) is 28.8 Å². The summed E-state index contributed by atoms with van der Waals surface area (Å²) in [6.45, 7) is 3.98. The van der Waals surface area contributed by atoms with Crippen LogP contribution in [0.3, 0.4) is 0 Å². The molecule has 2 aromatic carbocycles. The van der Waals surface area contributed by atoms with Crippen molar-refractivity contribution >= 4 is 29.0 Å². The van der Waals surface area contributed by atoms with Gasteiger partial charge in [-0.25, -0.2) is 0 Å². The van der Waals surface area contributed by atoms with Crippen LogP contribution in [0.25, 0.3) is 0 Å². The zero-order valence-electron chi connectivity index (χ0n) is 15.9. The van der Waals surface area contributed by atoms with Gasteiger partial charge < -0.3 is 10.2 Å². The Labute approximate surface area is 164 Å². The van der Waals surface area contributed by atoms with E-state index in [1.165, 1.54) is 4.90 Å². The number of ketones is 1. The molecule has 1 saturated heterocycles. The molecule has 2 heterocycles.